The minimum atomic E-state index is -0.507. The van der Waals surface area contributed by atoms with Crippen LogP contribution in [0.4, 0.5) is 0 Å². The number of nitrogens with two attached hydrogens (primary N) is 1. The normalized spacial score (nSPS) is 11.7. The second-order valence-corrected chi connectivity index (χ2v) is 2.72. The molecular weight excluding hydrogens is 170 g/mol. The second-order valence-electron chi connectivity index (χ2n) is 2.72. The van der Waals surface area contributed by atoms with Gasteiger partial charge in [0, 0.05) is 12.7 Å². The van der Waals surface area contributed by atoms with Gasteiger partial charge in [0.15, 0.2) is 0 Å². The van der Waals surface area contributed by atoms with Gasteiger partial charge in [-0.2, -0.15) is 0 Å². The SMILES string of the molecule is CC(=Cc1c[nH]c(=O)[nH]c1=O)CN. The molecule has 0 aliphatic rings. The van der Waals surface area contributed by atoms with Crippen LogP contribution in [-0.2, 0) is 0 Å². The van der Waals surface area contributed by atoms with Gasteiger partial charge in [-0.25, -0.2) is 4.79 Å². The summed E-state index contributed by atoms with van der Waals surface area (Å²) in [6.07, 6.45) is 3.00. The number of H-pyrrole nitrogens is 2. The van der Waals surface area contributed by atoms with Crippen molar-refractivity contribution in [3.8, 4) is 0 Å². The Morgan fingerprint density at radius 1 is 1.62 bits per heavy atom. The minimum absolute atomic E-state index is 0.387. The number of hydrogen-bond donors (Lipinski definition) is 3. The van der Waals surface area contributed by atoms with E-state index in [1.54, 1.807) is 6.08 Å². The highest BCUT2D eigenvalue weighted by Crippen LogP contribution is 1.96. The Morgan fingerprint density at radius 2 is 2.31 bits per heavy atom. The largest absolute Gasteiger partial charge is 0.327 e. The van der Waals surface area contributed by atoms with Crippen LogP contribution in [0.15, 0.2) is 21.4 Å². The maximum atomic E-state index is 11.1. The highest BCUT2D eigenvalue weighted by atomic mass is 16.2. The zero-order chi connectivity index (χ0) is 9.84. The zero-order valence-electron chi connectivity index (χ0n) is 7.26. The van der Waals surface area contributed by atoms with Crippen molar-refractivity contribution < 1.29 is 0 Å². The third-order valence-electron chi connectivity index (χ3n) is 1.57. The summed E-state index contributed by atoms with van der Waals surface area (Å²) >= 11 is 0. The lowest BCUT2D eigenvalue weighted by atomic mass is 10.2. The van der Waals surface area contributed by atoms with Crippen LogP contribution in [-0.4, -0.2) is 16.5 Å². The van der Waals surface area contributed by atoms with Gasteiger partial charge >= 0.3 is 5.69 Å². The summed E-state index contributed by atoms with van der Waals surface area (Å²) in [5.41, 5.74) is 5.71. The molecule has 5 heteroatoms. The minimum Gasteiger partial charge on any atom is -0.327 e. The number of aromatic nitrogens is 2. The summed E-state index contributed by atoms with van der Waals surface area (Å²) in [7, 11) is 0. The smallest absolute Gasteiger partial charge is 0.325 e. The summed E-state index contributed by atoms with van der Waals surface area (Å²) < 4.78 is 0. The lowest BCUT2D eigenvalue weighted by Crippen LogP contribution is -2.23. The Balaban J connectivity index is 3.18. The van der Waals surface area contributed by atoms with E-state index in [0.29, 0.717) is 12.1 Å². The average molecular weight is 181 g/mol. The fourth-order valence-corrected chi connectivity index (χ4v) is 0.852. The predicted octanol–water partition coefficient (Wildman–Crippen LogP) is -0.575. The van der Waals surface area contributed by atoms with E-state index in [1.807, 2.05) is 6.92 Å². The molecule has 0 bridgehead atoms. The van der Waals surface area contributed by atoms with Crippen LogP contribution in [0.3, 0.4) is 0 Å². The fourth-order valence-electron chi connectivity index (χ4n) is 0.852. The average Bonchev–Trinajstić information content (AvgIpc) is 2.09. The van der Waals surface area contributed by atoms with Crippen LogP contribution in [0.5, 0.6) is 0 Å². The highest BCUT2D eigenvalue weighted by Gasteiger charge is 1.95. The molecule has 5 nitrogen and oxygen atoms in total. The third kappa shape index (κ3) is 2.41. The summed E-state index contributed by atoms with van der Waals surface area (Å²) in [4.78, 5) is 26.3. The van der Waals surface area contributed by atoms with E-state index in [2.05, 4.69) is 9.97 Å². The van der Waals surface area contributed by atoms with Gasteiger partial charge in [0.2, 0.25) is 0 Å². The van der Waals surface area contributed by atoms with E-state index in [9.17, 15) is 9.59 Å². The third-order valence-corrected chi connectivity index (χ3v) is 1.57. The van der Waals surface area contributed by atoms with E-state index in [1.165, 1.54) is 6.20 Å². The summed E-state index contributed by atoms with van der Waals surface area (Å²) in [6.45, 7) is 2.20. The molecule has 13 heavy (non-hydrogen) atoms. The molecule has 70 valence electrons. The van der Waals surface area contributed by atoms with Crippen molar-refractivity contribution in [1.82, 2.24) is 9.97 Å². The molecule has 4 N–H and O–H groups in total. The van der Waals surface area contributed by atoms with Gasteiger partial charge < -0.3 is 10.7 Å². The maximum absolute atomic E-state index is 11.1. The van der Waals surface area contributed by atoms with Gasteiger partial charge in [-0.1, -0.05) is 5.57 Å². The molecule has 1 heterocycles. The van der Waals surface area contributed by atoms with E-state index < -0.39 is 11.2 Å². The first-order valence-electron chi connectivity index (χ1n) is 3.82. The molecule has 0 fully saturated rings. The topological polar surface area (TPSA) is 91.7 Å². The van der Waals surface area contributed by atoms with E-state index in [-0.39, 0.29) is 0 Å². The molecule has 0 aliphatic heterocycles. The summed E-state index contributed by atoms with van der Waals surface area (Å²) in [5.74, 6) is 0. The molecule has 0 saturated heterocycles. The first kappa shape index (κ1) is 9.47. The molecule has 0 aliphatic carbocycles. The van der Waals surface area contributed by atoms with Crippen molar-refractivity contribution in [2.75, 3.05) is 6.54 Å². The van der Waals surface area contributed by atoms with Crippen LogP contribution in [0.2, 0.25) is 0 Å². The zero-order valence-corrected chi connectivity index (χ0v) is 7.26. The Hall–Kier alpha value is -1.62. The van der Waals surface area contributed by atoms with Crippen LogP contribution in [0.1, 0.15) is 12.5 Å². The Kier molecular flexibility index (Phi) is 2.81. The van der Waals surface area contributed by atoms with Crippen molar-refractivity contribution in [1.29, 1.82) is 0 Å². The number of aromatic amines is 2. The lowest BCUT2D eigenvalue weighted by Gasteiger charge is -1.94. The second kappa shape index (κ2) is 3.86. The molecule has 1 aromatic heterocycles. The van der Waals surface area contributed by atoms with E-state index >= 15 is 0 Å². The number of nitrogens with one attached hydrogen (secondary N) is 2. The maximum Gasteiger partial charge on any atom is 0.325 e. The van der Waals surface area contributed by atoms with Crippen molar-refractivity contribution in [2.45, 2.75) is 6.92 Å². The van der Waals surface area contributed by atoms with Crippen LogP contribution < -0.4 is 17.0 Å². The van der Waals surface area contributed by atoms with E-state index in [0.717, 1.165) is 5.57 Å². The van der Waals surface area contributed by atoms with Crippen molar-refractivity contribution in [3.05, 3.63) is 38.2 Å². The van der Waals surface area contributed by atoms with Gasteiger partial charge in [-0.3, -0.25) is 9.78 Å². The molecule has 0 unspecified atom stereocenters. The Bertz CT molecular complexity index is 428. The van der Waals surface area contributed by atoms with Gasteiger partial charge in [-0.05, 0) is 13.0 Å². The molecule has 1 aromatic rings. The molecule has 0 saturated carbocycles. The van der Waals surface area contributed by atoms with E-state index in [4.69, 9.17) is 5.73 Å². The van der Waals surface area contributed by atoms with Crippen molar-refractivity contribution in [2.24, 2.45) is 5.73 Å². The molecular formula is C8H11N3O2. The molecule has 1 rings (SSSR count). The van der Waals surface area contributed by atoms with Crippen molar-refractivity contribution in [3.63, 3.8) is 0 Å². The number of hydrogen-bond acceptors (Lipinski definition) is 3. The lowest BCUT2D eigenvalue weighted by molar-refractivity contribution is 1.03. The molecule has 0 radical (unpaired) electrons. The summed E-state index contributed by atoms with van der Waals surface area (Å²) in [6, 6.07) is 0. The summed E-state index contributed by atoms with van der Waals surface area (Å²) in [5, 5.41) is 0. The molecule has 0 spiro atoms. The van der Waals surface area contributed by atoms with Crippen LogP contribution in [0, 0.1) is 0 Å². The van der Waals surface area contributed by atoms with Gasteiger partial charge in [-0.15, -0.1) is 0 Å². The van der Waals surface area contributed by atoms with Crippen LogP contribution >= 0.6 is 0 Å². The first-order valence-corrected chi connectivity index (χ1v) is 3.82. The monoisotopic (exact) mass is 181 g/mol. The predicted molar refractivity (Wildman–Crippen MR) is 50.4 cm³/mol. The van der Waals surface area contributed by atoms with Gasteiger partial charge in [0.1, 0.15) is 0 Å². The highest BCUT2D eigenvalue weighted by molar-refractivity contribution is 5.50. The molecule has 0 atom stereocenters. The first-order chi connectivity index (χ1) is 6.13. The quantitative estimate of drug-likeness (QED) is 0.570. The standard InChI is InChI=1S/C8H11N3O2/c1-5(3-9)2-6-4-10-8(13)11-7(6)12/h2,4H,3,9H2,1H3,(H2,10,11,12,13). The number of rotatable bonds is 2. The van der Waals surface area contributed by atoms with Gasteiger partial charge in [0.05, 0.1) is 5.56 Å². The Morgan fingerprint density at radius 3 is 2.85 bits per heavy atom. The van der Waals surface area contributed by atoms with Crippen molar-refractivity contribution >= 4 is 6.08 Å². The molecule has 0 amide bonds. The fraction of sp³-hybridized carbons (Fsp3) is 0.250. The Labute approximate surface area is 74.3 Å². The van der Waals surface area contributed by atoms with Gasteiger partial charge in [0.25, 0.3) is 5.56 Å². The molecule has 0 aromatic carbocycles. The van der Waals surface area contributed by atoms with Crippen LogP contribution in [0.25, 0.3) is 6.08 Å².